The SMILES string of the molecule is CC1(C)C[C@H](NC(=O)CNC(=O)CI)C(C)(C)N1O. The number of alkyl halides is 1. The molecule has 0 aromatic rings. The molecule has 0 unspecified atom stereocenters. The van der Waals surface area contributed by atoms with Gasteiger partial charge < -0.3 is 15.8 Å². The van der Waals surface area contributed by atoms with Crippen molar-refractivity contribution < 1.29 is 14.8 Å². The van der Waals surface area contributed by atoms with Gasteiger partial charge in [-0.05, 0) is 34.1 Å². The molecule has 0 aromatic heterocycles. The van der Waals surface area contributed by atoms with Crippen molar-refractivity contribution in [2.45, 2.75) is 51.2 Å². The predicted molar refractivity (Wildman–Crippen MR) is 80.2 cm³/mol. The third kappa shape index (κ3) is 3.79. The molecule has 1 atom stereocenters. The van der Waals surface area contributed by atoms with Crippen LogP contribution in [0.3, 0.4) is 0 Å². The molecule has 110 valence electrons. The van der Waals surface area contributed by atoms with Gasteiger partial charge in [0.2, 0.25) is 11.8 Å². The Hall–Kier alpha value is -0.410. The summed E-state index contributed by atoms with van der Waals surface area (Å²) < 4.78 is 0.331. The first-order valence-corrected chi connectivity index (χ1v) is 7.75. The van der Waals surface area contributed by atoms with Crippen LogP contribution in [0.2, 0.25) is 0 Å². The zero-order valence-electron chi connectivity index (χ0n) is 11.8. The third-order valence-corrected chi connectivity index (χ3v) is 4.27. The number of halogens is 1. The molecule has 1 saturated heterocycles. The Labute approximate surface area is 127 Å². The minimum Gasteiger partial charge on any atom is -0.350 e. The van der Waals surface area contributed by atoms with Crippen molar-refractivity contribution in [1.29, 1.82) is 0 Å². The van der Waals surface area contributed by atoms with Gasteiger partial charge >= 0.3 is 0 Å². The summed E-state index contributed by atoms with van der Waals surface area (Å²) in [7, 11) is 0. The molecule has 2 amide bonds. The molecule has 1 fully saturated rings. The van der Waals surface area contributed by atoms with Crippen molar-refractivity contribution in [3.05, 3.63) is 0 Å². The van der Waals surface area contributed by atoms with Gasteiger partial charge in [-0.2, -0.15) is 5.06 Å². The van der Waals surface area contributed by atoms with Crippen molar-refractivity contribution in [1.82, 2.24) is 15.7 Å². The molecule has 7 heteroatoms. The molecular weight excluding hydrogens is 361 g/mol. The van der Waals surface area contributed by atoms with Crippen molar-refractivity contribution in [2.75, 3.05) is 11.0 Å². The highest BCUT2D eigenvalue weighted by Crippen LogP contribution is 2.38. The number of amides is 2. The lowest BCUT2D eigenvalue weighted by atomic mass is 9.94. The number of hydrogen-bond acceptors (Lipinski definition) is 4. The Balaban J connectivity index is 2.58. The number of hydroxylamine groups is 2. The lowest BCUT2D eigenvalue weighted by molar-refractivity contribution is -0.194. The Morgan fingerprint density at radius 2 is 1.89 bits per heavy atom. The first-order valence-electron chi connectivity index (χ1n) is 6.22. The first kappa shape index (κ1) is 16.6. The average molecular weight is 383 g/mol. The van der Waals surface area contributed by atoms with E-state index in [1.807, 2.05) is 50.3 Å². The fraction of sp³-hybridized carbons (Fsp3) is 0.833. The lowest BCUT2D eigenvalue weighted by Gasteiger charge is -2.35. The average Bonchev–Trinajstić information content (AvgIpc) is 2.47. The number of nitrogens with one attached hydrogen (secondary N) is 2. The zero-order valence-corrected chi connectivity index (χ0v) is 13.9. The van der Waals surface area contributed by atoms with Gasteiger partial charge in [-0.25, -0.2) is 0 Å². The Bertz CT molecular complexity index is 371. The fourth-order valence-corrected chi connectivity index (χ4v) is 2.73. The summed E-state index contributed by atoms with van der Waals surface area (Å²) in [4.78, 5) is 22.9. The van der Waals surface area contributed by atoms with Crippen LogP contribution in [0, 0.1) is 0 Å². The number of rotatable bonds is 4. The van der Waals surface area contributed by atoms with Crippen molar-refractivity contribution in [3.63, 3.8) is 0 Å². The number of carbonyl (C=O) groups is 2. The molecule has 0 aliphatic carbocycles. The summed E-state index contributed by atoms with van der Waals surface area (Å²) in [5.41, 5.74) is -0.917. The molecule has 19 heavy (non-hydrogen) atoms. The minimum absolute atomic E-state index is 0.0275. The van der Waals surface area contributed by atoms with Gasteiger partial charge in [-0.3, -0.25) is 9.59 Å². The van der Waals surface area contributed by atoms with Gasteiger partial charge in [0.05, 0.1) is 22.6 Å². The summed E-state index contributed by atoms with van der Waals surface area (Å²) in [5, 5.41) is 16.8. The topological polar surface area (TPSA) is 81.7 Å². The van der Waals surface area contributed by atoms with E-state index in [0.29, 0.717) is 10.8 Å². The molecule has 1 rings (SSSR count). The number of nitrogens with zero attached hydrogens (tertiary/aromatic N) is 1. The Kier molecular flexibility index (Phi) is 5.19. The van der Waals surface area contributed by atoms with Gasteiger partial charge in [0.25, 0.3) is 0 Å². The van der Waals surface area contributed by atoms with Gasteiger partial charge in [0.15, 0.2) is 0 Å². The van der Waals surface area contributed by atoms with Crippen molar-refractivity contribution in [3.8, 4) is 0 Å². The third-order valence-electron chi connectivity index (χ3n) is 3.58. The largest absolute Gasteiger partial charge is 0.350 e. The highest BCUT2D eigenvalue weighted by molar-refractivity contribution is 14.1. The molecule has 0 aromatic carbocycles. The van der Waals surface area contributed by atoms with Gasteiger partial charge in [0, 0.05) is 5.54 Å². The quantitative estimate of drug-likeness (QED) is 0.493. The van der Waals surface area contributed by atoms with Gasteiger partial charge in [-0.1, -0.05) is 22.6 Å². The normalized spacial score (nSPS) is 25.1. The van der Waals surface area contributed by atoms with Crippen molar-refractivity contribution >= 4 is 34.4 Å². The molecule has 0 radical (unpaired) electrons. The van der Waals surface area contributed by atoms with Crippen LogP contribution < -0.4 is 10.6 Å². The summed E-state index contributed by atoms with van der Waals surface area (Å²) >= 11 is 1.94. The maximum Gasteiger partial charge on any atom is 0.239 e. The van der Waals surface area contributed by atoms with E-state index in [9.17, 15) is 14.8 Å². The molecule has 0 bridgehead atoms. The van der Waals surface area contributed by atoms with E-state index >= 15 is 0 Å². The maximum atomic E-state index is 11.8. The minimum atomic E-state index is -0.535. The molecule has 6 nitrogen and oxygen atoms in total. The van der Waals surface area contributed by atoms with E-state index in [2.05, 4.69) is 10.6 Å². The van der Waals surface area contributed by atoms with E-state index in [-0.39, 0.29) is 29.9 Å². The molecule has 3 N–H and O–H groups in total. The molecular formula is C12H22IN3O3. The van der Waals surface area contributed by atoms with E-state index in [1.54, 1.807) is 0 Å². The maximum absolute atomic E-state index is 11.8. The van der Waals surface area contributed by atoms with Crippen LogP contribution in [0.25, 0.3) is 0 Å². The van der Waals surface area contributed by atoms with E-state index in [1.165, 1.54) is 5.06 Å². The summed E-state index contributed by atoms with van der Waals surface area (Å²) in [6.07, 6.45) is 0.655. The zero-order chi connectivity index (χ0) is 14.8. The second-order valence-corrected chi connectivity index (χ2v) is 6.78. The number of hydrogen-bond donors (Lipinski definition) is 3. The second kappa shape index (κ2) is 5.92. The van der Waals surface area contributed by atoms with E-state index in [4.69, 9.17) is 0 Å². The van der Waals surface area contributed by atoms with Crippen LogP contribution in [-0.2, 0) is 9.59 Å². The van der Waals surface area contributed by atoms with Crippen LogP contribution in [0.4, 0.5) is 0 Å². The second-order valence-electron chi connectivity index (χ2n) is 6.01. The monoisotopic (exact) mass is 383 g/mol. The predicted octanol–water partition coefficient (Wildman–Crippen LogP) is 0.674. The summed E-state index contributed by atoms with van der Waals surface area (Å²) in [6.45, 7) is 7.60. The number of carbonyl (C=O) groups excluding carboxylic acids is 2. The standard InChI is InChI=1S/C12H22IN3O3/c1-11(2)5-8(12(3,4)16(11)19)15-10(18)7-14-9(17)6-13/h8,19H,5-7H2,1-4H3,(H,14,17)(H,15,18)/t8-/m0/s1. The van der Waals surface area contributed by atoms with E-state index in [0.717, 1.165) is 0 Å². The molecule has 1 aliphatic rings. The Morgan fingerprint density at radius 1 is 1.32 bits per heavy atom. The molecule has 1 heterocycles. The Morgan fingerprint density at radius 3 is 2.32 bits per heavy atom. The lowest BCUT2D eigenvalue weighted by Crippen LogP contribution is -2.54. The molecule has 0 spiro atoms. The summed E-state index contributed by atoms with van der Waals surface area (Å²) in [5.74, 6) is -0.395. The molecule has 1 aliphatic heterocycles. The highest BCUT2D eigenvalue weighted by atomic mass is 127. The molecule has 0 saturated carbocycles. The van der Waals surface area contributed by atoms with Gasteiger partial charge in [-0.15, -0.1) is 0 Å². The smallest absolute Gasteiger partial charge is 0.239 e. The fourth-order valence-electron chi connectivity index (χ4n) is 2.46. The van der Waals surface area contributed by atoms with Crippen LogP contribution in [0.5, 0.6) is 0 Å². The van der Waals surface area contributed by atoms with Crippen molar-refractivity contribution in [2.24, 2.45) is 0 Å². The van der Waals surface area contributed by atoms with Crippen LogP contribution >= 0.6 is 22.6 Å². The first-order chi connectivity index (χ1) is 8.61. The van der Waals surface area contributed by atoms with Gasteiger partial charge in [0.1, 0.15) is 0 Å². The van der Waals surface area contributed by atoms with Crippen LogP contribution in [-0.4, -0.2) is 50.2 Å². The van der Waals surface area contributed by atoms with Crippen LogP contribution in [0.15, 0.2) is 0 Å². The summed E-state index contributed by atoms with van der Waals surface area (Å²) in [6, 6.07) is -0.156. The van der Waals surface area contributed by atoms with Crippen LogP contribution in [0.1, 0.15) is 34.1 Å². The van der Waals surface area contributed by atoms with E-state index < -0.39 is 5.54 Å². The highest BCUT2D eigenvalue weighted by Gasteiger charge is 2.51.